The number of ether oxygens (including phenoxy) is 1. The van der Waals surface area contributed by atoms with Gasteiger partial charge in [0.15, 0.2) is 0 Å². The van der Waals surface area contributed by atoms with Crippen LogP contribution in [-0.4, -0.2) is 72.1 Å². The lowest BCUT2D eigenvalue weighted by molar-refractivity contribution is -0.174. The van der Waals surface area contributed by atoms with E-state index in [0.29, 0.717) is 30.9 Å². The molecular formula is C28H37F3N4O3. The van der Waals surface area contributed by atoms with Crippen molar-refractivity contribution in [1.29, 1.82) is 0 Å². The molecule has 1 amide bonds. The second-order valence-electron chi connectivity index (χ2n) is 10.9. The number of aliphatic hydroxyl groups is 1. The number of amides is 1. The molecule has 0 spiro atoms. The summed E-state index contributed by atoms with van der Waals surface area (Å²) in [4.78, 5) is 19.3. The van der Waals surface area contributed by atoms with Crippen molar-refractivity contribution in [3.8, 4) is 11.1 Å². The number of aliphatic hydroxyl groups excluding tert-OH is 1. The third-order valence-corrected chi connectivity index (χ3v) is 8.06. The van der Waals surface area contributed by atoms with E-state index in [1.165, 1.54) is 0 Å². The summed E-state index contributed by atoms with van der Waals surface area (Å²) in [6.45, 7) is 5.14. The molecule has 1 saturated heterocycles. The van der Waals surface area contributed by atoms with Crippen LogP contribution in [0.5, 0.6) is 0 Å². The summed E-state index contributed by atoms with van der Waals surface area (Å²) in [7, 11) is 0. The van der Waals surface area contributed by atoms with E-state index in [1.807, 2.05) is 12.1 Å². The van der Waals surface area contributed by atoms with Crippen molar-refractivity contribution in [3.05, 3.63) is 47.7 Å². The topological polar surface area (TPSA) is 101 Å². The molecule has 0 unspecified atom stereocenters. The minimum atomic E-state index is -4.31. The number of pyridine rings is 1. The zero-order valence-corrected chi connectivity index (χ0v) is 21.9. The van der Waals surface area contributed by atoms with Crippen LogP contribution in [0, 0.1) is 5.92 Å². The van der Waals surface area contributed by atoms with Gasteiger partial charge in [-0.15, -0.1) is 0 Å². The van der Waals surface area contributed by atoms with Crippen molar-refractivity contribution < 1.29 is 27.8 Å². The molecule has 38 heavy (non-hydrogen) atoms. The smallest absolute Gasteiger partial charge is 0.393 e. The van der Waals surface area contributed by atoms with Gasteiger partial charge < -0.3 is 20.9 Å². The molecule has 2 aliphatic rings. The van der Waals surface area contributed by atoms with E-state index in [0.717, 1.165) is 42.6 Å². The average Bonchev–Trinajstić information content (AvgIpc) is 3.17. The third-order valence-electron chi connectivity index (χ3n) is 8.06. The summed E-state index contributed by atoms with van der Waals surface area (Å²) in [5.41, 5.74) is 9.04. The molecule has 1 saturated carbocycles. The number of likely N-dealkylation sites (tertiary alicyclic amines) is 1. The fraction of sp³-hybridized carbons (Fsp3) is 0.571. The molecule has 208 valence electrons. The Hall–Kier alpha value is -2.69. The number of nitrogen functional groups attached to an aromatic ring is 1. The van der Waals surface area contributed by atoms with Gasteiger partial charge in [-0.25, -0.2) is 4.98 Å². The molecule has 0 radical (unpaired) electrons. The Bertz CT molecular complexity index is 1100. The van der Waals surface area contributed by atoms with Gasteiger partial charge in [0, 0.05) is 42.9 Å². The number of hydrogen-bond acceptors (Lipinski definition) is 6. The summed E-state index contributed by atoms with van der Waals surface area (Å²) in [6.07, 6.45) is -0.137. The van der Waals surface area contributed by atoms with Gasteiger partial charge in [0.25, 0.3) is 5.91 Å². The number of benzene rings is 1. The van der Waals surface area contributed by atoms with Gasteiger partial charge in [-0.05, 0) is 48.8 Å². The highest BCUT2D eigenvalue weighted by Gasteiger charge is 2.41. The molecule has 1 aromatic carbocycles. The van der Waals surface area contributed by atoms with Crippen molar-refractivity contribution >= 4 is 11.7 Å². The van der Waals surface area contributed by atoms with Crippen molar-refractivity contribution in [2.75, 3.05) is 38.6 Å². The number of anilines is 1. The summed E-state index contributed by atoms with van der Waals surface area (Å²) in [5.74, 6) is 0.220. The first-order valence-electron chi connectivity index (χ1n) is 13.2. The highest BCUT2D eigenvalue weighted by atomic mass is 19.4. The van der Waals surface area contributed by atoms with E-state index >= 15 is 0 Å². The first-order chi connectivity index (χ1) is 17.9. The van der Waals surface area contributed by atoms with Crippen LogP contribution in [0.1, 0.15) is 55.5 Å². The van der Waals surface area contributed by atoms with Crippen molar-refractivity contribution in [1.82, 2.24) is 15.2 Å². The summed E-state index contributed by atoms with van der Waals surface area (Å²) < 4.78 is 41.8. The zero-order valence-electron chi connectivity index (χ0n) is 21.9. The van der Waals surface area contributed by atoms with E-state index in [9.17, 15) is 23.1 Å². The molecule has 1 aromatic heterocycles. The number of nitrogens with zero attached hydrogens (tertiary/aromatic N) is 2. The lowest BCUT2D eigenvalue weighted by Crippen LogP contribution is -2.38. The predicted molar refractivity (Wildman–Crippen MR) is 140 cm³/mol. The van der Waals surface area contributed by atoms with Crippen LogP contribution < -0.4 is 11.1 Å². The number of nitrogens with two attached hydrogens (primary N) is 1. The van der Waals surface area contributed by atoms with E-state index in [1.54, 1.807) is 12.3 Å². The first-order valence-corrected chi connectivity index (χ1v) is 13.2. The number of hydrogen-bond donors (Lipinski definition) is 3. The van der Waals surface area contributed by atoms with Crippen LogP contribution in [0.25, 0.3) is 11.1 Å². The summed E-state index contributed by atoms with van der Waals surface area (Å²) in [6, 6.07) is 9.91. The molecular weight excluding hydrogens is 497 g/mol. The zero-order chi connectivity index (χ0) is 27.5. The lowest BCUT2D eigenvalue weighted by atomic mass is 9.75. The highest BCUT2D eigenvalue weighted by molar-refractivity contribution is 5.99. The molecule has 4 N–H and O–H groups in total. The van der Waals surface area contributed by atoms with Gasteiger partial charge in [0.1, 0.15) is 12.4 Å². The van der Waals surface area contributed by atoms with Crippen LogP contribution >= 0.6 is 0 Å². The Morgan fingerprint density at radius 3 is 2.55 bits per heavy atom. The number of nitrogens with one attached hydrogen (secondary N) is 1. The number of alkyl halides is 3. The van der Waals surface area contributed by atoms with Crippen LogP contribution in [0.4, 0.5) is 19.0 Å². The minimum absolute atomic E-state index is 0.0122. The van der Waals surface area contributed by atoms with Gasteiger partial charge in [-0.1, -0.05) is 38.1 Å². The SMILES string of the molecule is C[C@@H]1CN(CCOCC(F)(F)F)C[C@@]1(C)c1ccc(-c2cnc(N)c(C(=O)N[C@H]3CC[C@H](O)CC3)c2)cc1. The molecule has 4 rings (SSSR count). The fourth-order valence-corrected chi connectivity index (χ4v) is 5.54. The van der Waals surface area contributed by atoms with E-state index < -0.39 is 12.8 Å². The van der Waals surface area contributed by atoms with Crippen LogP contribution in [0.3, 0.4) is 0 Å². The fourth-order valence-electron chi connectivity index (χ4n) is 5.54. The molecule has 2 fully saturated rings. The molecule has 1 aliphatic carbocycles. The average molecular weight is 535 g/mol. The maximum Gasteiger partial charge on any atom is 0.411 e. The van der Waals surface area contributed by atoms with Crippen LogP contribution in [0.2, 0.25) is 0 Å². The van der Waals surface area contributed by atoms with Crippen LogP contribution in [-0.2, 0) is 10.2 Å². The number of rotatable bonds is 8. The summed E-state index contributed by atoms with van der Waals surface area (Å²) >= 11 is 0. The summed E-state index contributed by atoms with van der Waals surface area (Å²) in [5, 5.41) is 12.7. The van der Waals surface area contributed by atoms with Crippen molar-refractivity contribution in [2.24, 2.45) is 5.92 Å². The number of carbonyl (C=O) groups excluding carboxylic acids is 1. The number of carbonyl (C=O) groups is 1. The monoisotopic (exact) mass is 534 g/mol. The van der Waals surface area contributed by atoms with Gasteiger partial charge in [0.2, 0.25) is 0 Å². The maximum atomic E-state index is 12.9. The lowest BCUT2D eigenvalue weighted by Gasteiger charge is -2.29. The molecule has 10 heteroatoms. The quantitative estimate of drug-likeness (QED) is 0.440. The van der Waals surface area contributed by atoms with Gasteiger partial charge in [-0.2, -0.15) is 13.2 Å². The van der Waals surface area contributed by atoms with E-state index in [2.05, 4.69) is 41.2 Å². The Labute approximate surface area is 221 Å². The van der Waals surface area contributed by atoms with Gasteiger partial charge in [-0.3, -0.25) is 9.69 Å². The van der Waals surface area contributed by atoms with Crippen molar-refractivity contribution in [3.63, 3.8) is 0 Å². The second kappa shape index (κ2) is 11.6. The van der Waals surface area contributed by atoms with E-state index in [-0.39, 0.29) is 35.9 Å². The highest BCUT2D eigenvalue weighted by Crippen LogP contribution is 2.39. The Kier molecular flexibility index (Phi) is 8.64. The largest absolute Gasteiger partial charge is 0.411 e. The van der Waals surface area contributed by atoms with Crippen LogP contribution in [0.15, 0.2) is 36.5 Å². The normalized spacial score (nSPS) is 26.4. The Morgan fingerprint density at radius 2 is 1.89 bits per heavy atom. The second-order valence-corrected chi connectivity index (χ2v) is 10.9. The minimum Gasteiger partial charge on any atom is -0.393 e. The Balaban J connectivity index is 1.40. The molecule has 1 aliphatic heterocycles. The number of halogens is 3. The third kappa shape index (κ3) is 6.84. The van der Waals surface area contributed by atoms with Gasteiger partial charge >= 0.3 is 6.18 Å². The molecule has 7 nitrogen and oxygen atoms in total. The molecule has 2 aromatic rings. The predicted octanol–water partition coefficient (Wildman–Crippen LogP) is 4.15. The van der Waals surface area contributed by atoms with Gasteiger partial charge in [0.05, 0.1) is 18.3 Å². The first kappa shape index (κ1) is 28.3. The number of aromatic nitrogens is 1. The molecule has 2 atom stereocenters. The maximum absolute atomic E-state index is 12.9. The molecule has 2 heterocycles. The van der Waals surface area contributed by atoms with E-state index in [4.69, 9.17) is 10.5 Å². The van der Waals surface area contributed by atoms with Crippen molar-refractivity contribution in [2.45, 2.75) is 63.3 Å². The Morgan fingerprint density at radius 1 is 1.21 bits per heavy atom. The standard InChI is InChI=1S/C28H37F3N4O3/c1-18-15-35(11-12-38-17-28(29,30)31)16-27(18,2)21-5-3-19(4-6-21)20-13-24(25(32)33-14-20)26(37)34-22-7-9-23(36)10-8-22/h3-6,13-14,18,22-23,36H,7-12,15-17H2,1-2H3,(H2,32,33)(H,34,37)/t18-,22-,23-,27-/m1/s1. The molecule has 0 bridgehead atoms.